The van der Waals surface area contributed by atoms with Crippen LogP contribution in [0, 0.1) is 4.91 Å². The standard InChI is InChI=1S/C9H18N2O4/c1-9(2,3)15-8(12)7-14-6-5-11(4)10-13/h5-7H2,1-4H3. The van der Waals surface area contributed by atoms with Gasteiger partial charge < -0.3 is 9.47 Å². The molecule has 0 N–H and O–H groups in total. The van der Waals surface area contributed by atoms with Crippen molar-refractivity contribution in [3.05, 3.63) is 4.91 Å². The second-order valence-electron chi connectivity index (χ2n) is 4.10. The lowest BCUT2D eigenvalue weighted by Gasteiger charge is -2.19. The number of carbonyl (C=O) groups is 1. The number of hydrogen-bond donors (Lipinski definition) is 0. The maximum atomic E-state index is 11.1. The molecule has 0 atom stereocenters. The molecule has 0 bridgehead atoms. The highest BCUT2D eigenvalue weighted by atomic mass is 16.6. The normalized spacial score (nSPS) is 10.9. The van der Waals surface area contributed by atoms with Crippen molar-refractivity contribution in [2.45, 2.75) is 26.4 Å². The molecule has 0 fully saturated rings. The van der Waals surface area contributed by atoms with Gasteiger partial charge in [0.25, 0.3) is 0 Å². The molecule has 0 aliphatic carbocycles. The van der Waals surface area contributed by atoms with Gasteiger partial charge in [-0.3, -0.25) is 5.01 Å². The quantitative estimate of drug-likeness (QED) is 0.287. The minimum absolute atomic E-state index is 0.107. The minimum Gasteiger partial charge on any atom is -0.458 e. The van der Waals surface area contributed by atoms with Crippen LogP contribution in [0.5, 0.6) is 0 Å². The van der Waals surface area contributed by atoms with E-state index < -0.39 is 11.6 Å². The Hall–Kier alpha value is -1.17. The molecule has 0 radical (unpaired) electrons. The molecule has 0 aliphatic heterocycles. The number of carbonyl (C=O) groups excluding carboxylic acids is 1. The lowest BCUT2D eigenvalue weighted by molar-refractivity contribution is -0.160. The van der Waals surface area contributed by atoms with Gasteiger partial charge >= 0.3 is 5.97 Å². The highest BCUT2D eigenvalue weighted by Crippen LogP contribution is 2.06. The van der Waals surface area contributed by atoms with Crippen LogP contribution in [0.2, 0.25) is 0 Å². The summed E-state index contributed by atoms with van der Waals surface area (Å²) in [6.45, 7) is 5.87. The first-order valence-corrected chi connectivity index (χ1v) is 4.69. The van der Waals surface area contributed by atoms with Crippen LogP contribution in [0.15, 0.2) is 5.29 Å². The first-order valence-electron chi connectivity index (χ1n) is 4.69. The van der Waals surface area contributed by atoms with Gasteiger partial charge in [-0.15, -0.1) is 4.91 Å². The van der Waals surface area contributed by atoms with Crippen molar-refractivity contribution in [1.29, 1.82) is 0 Å². The number of ether oxygens (including phenoxy) is 2. The van der Waals surface area contributed by atoms with Crippen LogP contribution in [0.25, 0.3) is 0 Å². The predicted octanol–water partition coefficient (Wildman–Crippen LogP) is 0.958. The molecule has 0 aromatic heterocycles. The second-order valence-corrected chi connectivity index (χ2v) is 4.10. The van der Waals surface area contributed by atoms with Crippen LogP contribution in [0.1, 0.15) is 20.8 Å². The highest BCUT2D eigenvalue weighted by Gasteiger charge is 2.15. The van der Waals surface area contributed by atoms with E-state index in [1.54, 1.807) is 20.8 Å². The maximum absolute atomic E-state index is 11.1. The van der Waals surface area contributed by atoms with Crippen molar-refractivity contribution in [1.82, 2.24) is 5.01 Å². The molecule has 0 saturated heterocycles. The molecule has 88 valence electrons. The van der Waals surface area contributed by atoms with Gasteiger partial charge in [0.15, 0.2) is 0 Å². The molecule has 0 aromatic rings. The first-order chi connectivity index (χ1) is 6.85. The SMILES string of the molecule is CN(CCOCC(=O)OC(C)(C)C)N=O. The number of nitroso groups, excluding NO2 is 1. The van der Waals surface area contributed by atoms with Gasteiger partial charge in [-0.05, 0) is 20.8 Å². The average molecular weight is 218 g/mol. The van der Waals surface area contributed by atoms with Gasteiger partial charge in [-0.2, -0.15) is 0 Å². The predicted molar refractivity (Wildman–Crippen MR) is 55.1 cm³/mol. The minimum atomic E-state index is -0.498. The van der Waals surface area contributed by atoms with Crippen molar-refractivity contribution in [3.8, 4) is 0 Å². The summed E-state index contributed by atoms with van der Waals surface area (Å²) >= 11 is 0. The Balaban J connectivity index is 3.52. The summed E-state index contributed by atoms with van der Waals surface area (Å²) in [5, 5.41) is 3.84. The van der Waals surface area contributed by atoms with Gasteiger partial charge in [0, 0.05) is 7.05 Å². The smallest absolute Gasteiger partial charge is 0.332 e. The van der Waals surface area contributed by atoms with Crippen molar-refractivity contribution < 1.29 is 14.3 Å². The van der Waals surface area contributed by atoms with E-state index in [-0.39, 0.29) is 13.2 Å². The van der Waals surface area contributed by atoms with E-state index in [9.17, 15) is 9.70 Å². The number of hydrogen-bond acceptors (Lipinski definition) is 5. The van der Waals surface area contributed by atoms with E-state index in [1.165, 1.54) is 12.1 Å². The van der Waals surface area contributed by atoms with Crippen molar-refractivity contribution >= 4 is 5.97 Å². The zero-order valence-corrected chi connectivity index (χ0v) is 9.65. The molecule has 0 rings (SSSR count). The zero-order valence-electron chi connectivity index (χ0n) is 9.65. The Morgan fingerprint density at radius 2 is 2.00 bits per heavy atom. The third-order valence-electron chi connectivity index (χ3n) is 1.34. The summed E-state index contributed by atoms with van der Waals surface area (Å²) in [6, 6.07) is 0. The van der Waals surface area contributed by atoms with Crippen molar-refractivity contribution in [3.63, 3.8) is 0 Å². The summed E-state index contributed by atoms with van der Waals surface area (Å²) in [7, 11) is 1.53. The Kier molecular flexibility index (Phi) is 5.84. The van der Waals surface area contributed by atoms with Gasteiger partial charge in [-0.25, -0.2) is 4.79 Å². The number of nitrogens with zero attached hydrogens (tertiary/aromatic N) is 2. The Morgan fingerprint density at radius 3 is 2.47 bits per heavy atom. The Morgan fingerprint density at radius 1 is 1.40 bits per heavy atom. The molecule has 6 nitrogen and oxygen atoms in total. The number of likely N-dealkylation sites (N-methyl/N-ethyl adjacent to an activating group) is 1. The molecule has 15 heavy (non-hydrogen) atoms. The molecule has 0 unspecified atom stereocenters. The molecule has 0 aromatic carbocycles. The van der Waals surface area contributed by atoms with E-state index in [0.29, 0.717) is 6.54 Å². The molecule has 6 heteroatoms. The fourth-order valence-electron chi connectivity index (χ4n) is 0.764. The Labute approximate surface area is 89.5 Å². The van der Waals surface area contributed by atoms with E-state index >= 15 is 0 Å². The third-order valence-corrected chi connectivity index (χ3v) is 1.34. The lowest BCUT2D eigenvalue weighted by atomic mass is 10.2. The monoisotopic (exact) mass is 218 g/mol. The topological polar surface area (TPSA) is 68.2 Å². The van der Waals surface area contributed by atoms with Gasteiger partial charge in [-0.1, -0.05) is 0 Å². The Bertz CT molecular complexity index is 213. The van der Waals surface area contributed by atoms with Crippen LogP contribution >= 0.6 is 0 Å². The van der Waals surface area contributed by atoms with E-state index in [0.717, 1.165) is 0 Å². The van der Waals surface area contributed by atoms with Gasteiger partial charge in [0.1, 0.15) is 12.2 Å². The largest absolute Gasteiger partial charge is 0.458 e. The fourth-order valence-corrected chi connectivity index (χ4v) is 0.764. The first kappa shape index (κ1) is 13.8. The summed E-state index contributed by atoms with van der Waals surface area (Å²) < 4.78 is 10.0. The van der Waals surface area contributed by atoms with Crippen molar-refractivity contribution in [2.24, 2.45) is 5.29 Å². The van der Waals surface area contributed by atoms with E-state index in [2.05, 4.69) is 5.29 Å². The molecule has 0 spiro atoms. The van der Waals surface area contributed by atoms with Gasteiger partial charge in [0.05, 0.1) is 18.4 Å². The molecule has 0 saturated carbocycles. The number of esters is 1. The molecular weight excluding hydrogens is 200 g/mol. The van der Waals surface area contributed by atoms with Crippen LogP contribution in [-0.4, -0.2) is 43.4 Å². The molecule has 0 aliphatic rings. The summed E-state index contributed by atoms with van der Waals surface area (Å²) in [6.07, 6.45) is 0. The zero-order chi connectivity index (χ0) is 11.9. The van der Waals surface area contributed by atoms with Gasteiger partial charge in [0.2, 0.25) is 0 Å². The van der Waals surface area contributed by atoms with Crippen LogP contribution in [0.3, 0.4) is 0 Å². The second kappa shape index (κ2) is 6.34. The highest BCUT2D eigenvalue weighted by molar-refractivity contribution is 5.71. The molecular formula is C9H18N2O4. The maximum Gasteiger partial charge on any atom is 0.332 e. The third kappa shape index (κ3) is 9.14. The van der Waals surface area contributed by atoms with Crippen molar-refractivity contribution in [2.75, 3.05) is 26.8 Å². The van der Waals surface area contributed by atoms with E-state index in [4.69, 9.17) is 9.47 Å². The summed E-state index contributed by atoms with van der Waals surface area (Å²) in [4.78, 5) is 21.1. The summed E-state index contributed by atoms with van der Waals surface area (Å²) in [5.41, 5.74) is -0.498. The molecule has 0 heterocycles. The fraction of sp³-hybridized carbons (Fsp3) is 0.889. The van der Waals surface area contributed by atoms with E-state index in [1.807, 2.05) is 0 Å². The average Bonchev–Trinajstić information content (AvgIpc) is 2.09. The van der Waals surface area contributed by atoms with Crippen LogP contribution < -0.4 is 0 Å². The molecule has 0 amide bonds. The summed E-state index contributed by atoms with van der Waals surface area (Å²) in [5.74, 6) is -0.413. The number of rotatable bonds is 6. The lowest BCUT2D eigenvalue weighted by Crippen LogP contribution is -2.27. The van der Waals surface area contributed by atoms with Crippen LogP contribution in [0.4, 0.5) is 0 Å². The van der Waals surface area contributed by atoms with Crippen LogP contribution in [-0.2, 0) is 14.3 Å².